The minimum absolute atomic E-state index is 0.293. The largest absolute Gasteiger partial charge is 0.489 e. The lowest BCUT2D eigenvalue weighted by atomic mass is 10.4. The van der Waals surface area contributed by atoms with Crippen LogP contribution in [-0.4, -0.2) is 22.8 Å². The molecule has 0 atom stereocenters. The highest BCUT2D eigenvalue weighted by Gasteiger charge is 2.06. The van der Waals surface area contributed by atoms with Gasteiger partial charge in [-0.05, 0) is 13.2 Å². The van der Waals surface area contributed by atoms with E-state index in [0.29, 0.717) is 23.2 Å². The molecule has 1 aromatic heterocycles. The maximum atomic E-state index is 8.74. The molecular formula is C8H9N3OS. The summed E-state index contributed by atoms with van der Waals surface area (Å²) in [5.41, 5.74) is 0.293. The van der Waals surface area contributed by atoms with E-state index < -0.39 is 0 Å². The molecule has 0 amide bonds. The van der Waals surface area contributed by atoms with E-state index in [1.54, 1.807) is 0 Å². The van der Waals surface area contributed by atoms with Crippen molar-refractivity contribution in [3.05, 3.63) is 11.9 Å². The minimum Gasteiger partial charge on any atom is -0.489 e. The molecule has 1 rings (SSSR count). The number of nitriles is 1. The first-order chi connectivity index (χ1) is 6.31. The minimum atomic E-state index is 0.293. The van der Waals surface area contributed by atoms with Gasteiger partial charge < -0.3 is 4.74 Å². The lowest BCUT2D eigenvalue weighted by Crippen LogP contribution is -1.98. The summed E-state index contributed by atoms with van der Waals surface area (Å²) in [5.74, 6) is 0.447. The van der Waals surface area contributed by atoms with E-state index in [1.807, 2.05) is 19.2 Å². The van der Waals surface area contributed by atoms with Crippen LogP contribution in [0, 0.1) is 11.3 Å². The fourth-order valence-corrected chi connectivity index (χ4v) is 1.13. The third-order valence-electron chi connectivity index (χ3n) is 1.32. The average molecular weight is 195 g/mol. The van der Waals surface area contributed by atoms with E-state index in [4.69, 9.17) is 10.00 Å². The van der Waals surface area contributed by atoms with E-state index >= 15 is 0 Å². The summed E-state index contributed by atoms with van der Waals surface area (Å²) in [6.07, 6.45) is 3.39. The van der Waals surface area contributed by atoms with Gasteiger partial charge in [0.2, 0.25) is 0 Å². The number of nitrogens with zero attached hydrogens (tertiary/aromatic N) is 3. The molecule has 0 aliphatic heterocycles. The van der Waals surface area contributed by atoms with Gasteiger partial charge in [-0.25, -0.2) is 9.97 Å². The second-order valence-electron chi connectivity index (χ2n) is 2.11. The molecule has 13 heavy (non-hydrogen) atoms. The average Bonchev–Trinajstić information content (AvgIpc) is 2.19. The number of rotatable bonds is 3. The van der Waals surface area contributed by atoms with Crippen LogP contribution in [0.25, 0.3) is 0 Å². The molecule has 0 aliphatic carbocycles. The van der Waals surface area contributed by atoms with E-state index in [9.17, 15) is 0 Å². The molecule has 0 unspecified atom stereocenters. The number of hydrogen-bond donors (Lipinski definition) is 0. The Hall–Kier alpha value is -1.28. The highest BCUT2D eigenvalue weighted by molar-refractivity contribution is 7.98. The van der Waals surface area contributed by atoms with Crippen LogP contribution in [0.4, 0.5) is 0 Å². The molecule has 0 N–H and O–H groups in total. The monoisotopic (exact) mass is 195 g/mol. The zero-order valence-electron chi connectivity index (χ0n) is 7.44. The second kappa shape index (κ2) is 4.67. The predicted molar refractivity (Wildman–Crippen MR) is 49.7 cm³/mol. The maximum absolute atomic E-state index is 8.74. The van der Waals surface area contributed by atoms with E-state index in [1.165, 1.54) is 18.0 Å². The topological polar surface area (TPSA) is 58.8 Å². The van der Waals surface area contributed by atoms with Crippen molar-refractivity contribution >= 4 is 11.8 Å². The summed E-state index contributed by atoms with van der Waals surface area (Å²) in [4.78, 5) is 7.99. The smallest absolute Gasteiger partial charge is 0.188 e. The summed E-state index contributed by atoms with van der Waals surface area (Å²) >= 11 is 1.40. The molecule has 1 aromatic rings. The van der Waals surface area contributed by atoms with E-state index in [2.05, 4.69) is 9.97 Å². The van der Waals surface area contributed by atoms with E-state index in [-0.39, 0.29) is 0 Å². The van der Waals surface area contributed by atoms with Gasteiger partial charge in [0.15, 0.2) is 16.6 Å². The van der Waals surface area contributed by atoms with Crippen molar-refractivity contribution in [3.8, 4) is 11.8 Å². The fraction of sp³-hybridized carbons (Fsp3) is 0.375. The first-order valence-electron chi connectivity index (χ1n) is 3.75. The Bertz CT molecular complexity index is 335. The van der Waals surface area contributed by atoms with Crippen molar-refractivity contribution in [1.82, 2.24) is 9.97 Å². The van der Waals surface area contributed by atoms with Gasteiger partial charge in [-0.1, -0.05) is 11.8 Å². The quantitative estimate of drug-likeness (QED) is 0.540. The Morgan fingerprint density at radius 3 is 3.00 bits per heavy atom. The van der Waals surface area contributed by atoms with Crippen molar-refractivity contribution in [1.29, 1.82) is 5.26 Å². The molecule has 0 spiro atoms. The van der Waals surface area contributed by atoms with Crippen molar-refractivity contribution < 1.29 is 4.74 Å². The van der Waals surface area contributed by atoms with Crippen LogP contribution in [0.5, 0.6) is 5.75 Å². The molecule has 4 nitrogen and oxygen atoms in total. The standard InChI is InChI=1S/C8H9N3OS/c1-3-12-7-5-10-8(13-2)11-6(7)4-9/h5H,3H2,1-2H3. The highest BCUT2D eigenvalue weighted by Crippen LogP contribution is 2.17. The van der Waals surface area contributed by atoms with Gasteiger partial charge in [-0.3, -0.25) is 0 Å². The van der Waals surface area contributed by atoms with Gasteiger partial charge in [-0.15, -0.1) is 0 Å². The summed E-state index contributed by atoms with van der Waals surface area (Å²) in [6, 6.07) is 1.97. The van der Waals surface area contributed by atoms with Gasteiger partial charge in [0.05, 0.1) is 12.8 Å². The number of aromatic nitrogens is 2. The van der Waals surface area contributed by atoms with Gasteiger partial charge in [0.25, 0.3) is 0 Å². The van der Waals surface area contributed by atoms with Gasteiger partial charge in [-0.2, -0.15) is 5.26 Å². The molecule has 5 heteroatoms. The maximum Gasteiger partial charge on any atom is 0.188 e. The molecule has 68 valence electrons. The van der Waals surface area contributed by atoms with Crippen LogP contribution in [0.2, 0.25) is 0 Å². The lowest BCUT2D eigenvalue weighted by molar-refractivity contribution is 0.335. The molecule has 0 saturated heterocycles. The summed E-state index contributed by atoms with van der Waals surface area (Å²) in [7, 11) is 0. The second-order valence-corrected chi connectivity index (χ2v) is 2.89. The molecular weight excluding hydrogens is 186 g/mol. The van der Waals surface area contributed by atoms with Crippen LogP contribution < -0.4 is 4.74 Å². The molecule has 1 heterocycles. The van der Waals surface area contributed by atoms with Crippen LogP contribution >= 0.6 is 11.8 Å². The Morgan fingerprint density at radius 1 is 1.69 bits per heavy atom. The number of hydrogen-bond acceptors (Lipinski definition) is 5. The normalized spacial score (nSPS) is 9.31. The predicted octanol–water partition coefficient (Wildman–Crippen LogP) is 1.47. The Labute approximate surface area is 81.0 Å². The van der Waals surface area contributed by atoms with Gasteiger partial charge in [0, 0.05) is 0 Å². The summed E-state index contributed by atoms with van der Waals surface area (Å²) in [5, 5.41) is 9.32. The van der Waals surface area contributed by atoms with Gasteiger partial charge >= 0.3 is 0 Å². The van der Waals surface area contributed by atoms with Crippen LogP contribution in [0.1, 0.15) is 12.6 Å². The first-order valence-corrected chi connectivity index (χ1v) is 4.98. The third kappa shape index (κ3) is 2.33. The van der Waals surface area contributed by atoms with Gasteiger partial charge in [0.1, 0.15) is 6.07 Å². The van der Waals surface area contributed by atoms with Crippen molar-refractivity contribution in [3.63, 3.8) is 0 Å². The fourth-order valence-electron chi connectivity index (χ4n) is 0.794. The zero-order valence-corrected chi connectivity index (χ0v) is 8.26. The molecule has 0 radical (unpaired) electrons. The molecule has 0 bridgehead atoms. The number of thioether (sulfide) groups is 1. The third-order valence-corrected chi connectivity index (χ3v) is 1.88. The van der Waals surface area contributed by atoms with Crippen molar-refractivity contribution in [2.45, 2.75) is 12.1 Å². The van der Waals surface area contributed by atoms with Crippen LogP contribution in [0.3, 0.4) is 0 Å². The lowest BCUT2D eigenvalue weighted by Gasteiger charge is -2.03. The molecule has 0 aliphatic rings. The molecule has 0 aromatic carbocycles. The number of ether oxygens (including phenoxy) is 1. The van der Waals surface area contributed by atoms with Crippen molar-refractivity contribution in [2.75, 3.05) is 12.9 Å². The molecule has 0 saturated carbocycles. The van der Waals surface area contributed by atoms with E-state index in [0.717, 1.165) is 0 Å². The Kier molecular flexibility index (Phi) is 3.53. The molecule has 0 fully saturated rings. The SMILES string of the molecule is CCOc1cnc(SC)nc1C#N. The highest BCUT2D eigenvalue weighted by atomic mass is 32.2. The van der Waals surface area contributed by atoms with Crippen LogP contribution in [0.15, 0.2) is 11.4 Å². The van der Waals surface area contributed by atoms with Crippen LogP contribution in [-0.2, 0) is 0 Å². The summed E-state index contributed by atoms with van der Waals surface area (Å²) < 4.78 is 5.17. The Morgan fingerprint density at radius 2 is 2.46 bits per heavy atom. The van der Waals surface area contributed by atoms with Crippen molar-refractivity contribution in [2.24, 2.45) is 0 Å². The summed E-state index contributed by atoms with van der Waals surface area (Å²) in [6.45, 7) is 2.36. The Balaban J connectivity index is 3.02. The zero-order chi connectivity index (χ0) is 9.68. The first kappa shape index (κ1) is 9.81.